The first-order chi connectivity index (χ1) is 9.16. The zero-order valence-corrected chi connectivity index (χ0v) is 13.7. The van der Waals surface area contributed by atoms with Crippen LogP contribution in [0.25, 0.3) is 0 Å². The highest BCUT2D eigenvalue weighted by atomic mass is 35.5. The Morgan fingerprint density at radius 3 is 2.95 bits per heavy atom. The first kappa shape index (κ1) is 17.6. The maximum atomic E-state index is 9.87. The van der Waals surface area contributed by atoms with Crippen LogP contribution in [0.3, 0.4) is 0 Å². The standard InChI is InChI=1S/C15H23NO2S.ClH/c1-11(2)16-9-13(17)10-18-14-7-3-5-12-6-4-8-19-15(12)14;/h3,5,7,11,13,16-17H,4,6,8-10H2,1-2H3;1H. The number of halogens is 1. The molecule has 0 radical (unpaired) electrons. The predicted molar refractivity (Wildman–Crippen MR) is 87.4 cm³/mol. The molecule has 1 unspecified atom stereocenters. The SMILES string of the molecule is CC(C)NCC(O)COc1cccc2c1SCCC2.Cl. The van der Waals surface area contributed by atoms with Crippen molar-refractivity contribution in [1.29, 1.82) is 0 Å². The van der Waals surface area contributed by atoms with Crippen LogP contribution in [0.4, 0.5) is 0 Å². The van der Waals surface area contributed by atoms with E-state index < -0.39 is 6.10 Å². The smallest absolute Gasteiger partial charge is 0.133 e. The van der Waals surface area contributed by atoms with Crippen LogP contribution < -0.4 is 10.1 Å². The number of fused-ring (bicyclic) bond motifs is 1. The largest absolute Gasteiger partial charge is 0.490 e. The van der Waals surface area contributed by atoms with E-state index in [-0.39, 0.29) is 12.4 Å². The Balaban J connectivity index is 0.00000200. The number of aryl methyl sites for hydroxylation is 1. The Morgan fingerprint density at radius 2 is 2.20 bits per heavy atom. The molecule has 5 heteroatoms. The number of thioether (sulfide) groups is 1. The molecule has 0 fully saturated rings. The average molecular weight is 318 g/mol. The van der Waals surface area contributed by atoms with Crippen LogP contribution in [0, 0.1) is 0 Å². The molecule has 1 atom stereocenters. The van der Waals surface area contributed by atoms with Crippen molar-refractivity contribution in [2.24, 2.45) is 0 Å². The van der Waals surface area contributed by atoms with Gasteiger partial charge in [-0.3, -0.25) is 0 Å². The predicted octanol–water partition coefficient (Wildman–Crippen LogP) is 2.88. The minimum Gasteiger partial charge on any atom is -0.490 e. The lowest BCUT2D eigenvalue weighted by Gasteiger charge is -2.20. The maximum Gasteiger partial charge on any atom is 0.133 e. The molecule has 1 aliphatic heterocycles. The van der Waals surface area contributed by atoms with E-state index in [0.29, 0.717) is 19.2 Å². The van der Waals surface area contributed by atoms with Gasteiger partial charge in [-0.05, 0) is 30.2 Å². The van der Waals surface area contributed by atoms with E-state index in [1.807, 2.05) is 23.9 Å². The Kier molecular flexibility index (Phi) is 7.74. The van der Waals surface area contributed by atoms with Crippen LogP contribution in [-0.2, 0) is 6.42 Å². The monoisotopic (exact) mass is 317 g/mol. The summed E-state index contributed by atoms with van der Waals surface area (Å²) in [7, 11) is 0. The number of hydrogen-bond donors (Lipinski definition) is 2. The molecule has 1 aliphatic rings. The van der Waals surface area contributed by atoms with Gasteiger partial charge in [-0.15, -0.1) is 24.2 Å². The lowest BCUT2D eigenvalue weighted by Crippen LogP contribution is -2.35. The Morgan fingerprint density at radius 1 is 1.40 bits per heavy atom. The average Bonchev–Trinajstić information content (AvgIpc) is 2.42. The molecule has 2 N–H and O–H groups in total. The van der Waals surface area contributed by atoms with Crippen LogP contribution in [-0.4, -0.2) is 36.2 Å². The fourth-order valence-corrected chi connectivity index (χ4v) is 3.21. The minimum absolute atomic E-state index is 0. The van der Waals surface area contributed by atoms with Crippen molar-refractivity contribution >= 4 is 24.2 Å². The van der Waals surface area contributed by atoms with Crippen LogP contribution in [0.1, 0.15) is 25.8 Å². The normalized spacial score (nSPS) is 15.4. The summed E-state index contributed by atoms with van der Waals surface area (Å²) in [5.74, 6) is 2.08. The van der Waals surface area contributed by atoms with E-state index in [2.05, 4.69) is 25.2 Å². The van der Waals surface area contributed by atoms with E-state index in [1.165, 1.54) is 16.9 Å². The minimum atomic E-state index is -0.466. The van der Waals surface area contributed by atoms with Crippen molar-refractivity contribution in [2.75, 3.05) is 18.9 Å². The summed E-state index contributed by atoms with van der Waals surface area (Å²) in [5, 5.41) is 13.1. The molecule has 1 heterocycles. The molecule has 2 rings (SSSR count). The van der Waals surface area contributed by atoms with Gasteiger partial charge in [0.25, 0.3) is 0 Å². The topological polar surface area (TPSA) is 41.5 Å². The molecular weight excluding hydrogens is 294 g/mol. The molecule has 114 valence electrons. The first-order valence-corrected chi connectivity index (χ1v) is 7.94. The van der Waals surface area contributed by atoms with Crippen molar-refractivity contribution in [3.63, 3.8) is 0 Å². The zero-order chi connectivity index (χ0) is 13.7. The fraction of sp³-hybridized carbons (Fsp3) is 0.600. The molecule has 0 spiro atoms. The summed E-state index contributed by atoms with van der Waals surface area (Å²) in [6, 6.07) is 6.60. The van der Waals surface area contributed by atoms with E-state index in [9.17, 15) is 5.11 Å². The summed E-state index contributed by atoms with van der Waals surface area (Å²) in [4.78, 5) is 1.26. The van der Waals surface area contributed by atoms with Crippen LogP contribution >= 0.6 is 24.2 Å². The van der Waals surface area contributed by atoms with Crippen molar-refractivity contribution in [1.82, 2.24) is 5.32 Å². The molecule has 0 bridgehead atoms. The third-order valence-corrected chi connectivity index (χ3v) is 4.34. The van der Waals surface area contributed by atoms with Gasteiger partial charge in [-0.2, -0.15) is 0 Å². The Labute approximate surface area is 131 Å². The number of benzene rings is 1. The summed E-state index contributed by atoms with van der Waals surface area (Å²) in [6.07, 6.45) is 1.91. The summed E-state index contributed by atoms with van der Waals surface area (Å²) >= 11 is 1.86. The Hall–Kier alpha value is -0.420. The second kappa shape index (κ2) is 8.78. The van der Waals surface area contributed by atoms with Gasteiger partial charge in [-0.1, -0.05) is 26.0 Å². The molecule has 0 amide bonds. The van der Waals surface area contributed by atoms with Crippen molar-refractivity contribution in [2.45, 2.75) is 43.7 Å². The molecule has 20 heavy (non-hydrogen) atoms. The van der Waals surface area contributed by atoms with E-state index in [1.54, 1.807) is 0 Å². The zero-order valence-electron chi connectivity index (χ0n) is 12.1. The van der Waals surface area contributed by atoms with Crippen LogP contribution in [0.15, 0.2) is 23.1 Å². The molecule has 0 saturated carbocycles. The van der Waals surface area contributed by atoms with Crippen molar-refractivity contribution in [3.05, 3.63) is 23.8 Å². The fourth-order valence-electron chi connectivity index (χ4n) is 2.09. The van der Waals surface area contributed by atoms with Gasteiger partial charge in [0.05, 0.1) is 4.90 Å². The first-order valence-electron chi connectivity index (χ1n) is 6.95. The number of aliphatic hydroxyl groups excluding tert-OH is 1. The summed E-state index contributed by atoms with van der Waals surface area (Å²) < 4.78 is 5.79. The van der Waals surface area contributed by atoms with Gasteiger partial charge in [0.2, 0.25) is 0 Å². The van der Waals surface area contributed by atoms with E-state index in [0.717, 1.165) is 17.9 Å². The van der Waals surface area contributed by atoms with Gasteiger partial charge in [0.1, 0.15) is 18.5 Å². The highest BCUT2D eigenvalue weighted by molar-refractivity contribution is 7.99. The molecule has 1 aromatic rings. The van der Waals surface area contributed by atoms with E-state index >= 15 is 0 Å². The Bertz CT molecular complexity index is 415. The quantitative estimate of drug-likeness (QED) is 0.846. The number of rotatable bonds is 6. The maximum absolute atomic E-state index is 9.87. The molecular formula is C15H24ClNO2S. The van der Waals surface area contributed by atoms with Crippen molar-refractivity contribution in [3.8, 4) is 5.75 Å². The third-order valence-electron chi connectivity index (χ3n) is 3.09. The number of aliphatic hydroxyl groups is 1. The number of ether oxygens (including phenoxy) is 1. The lowest BCUT2D eigenvalue weighted by atomic mass is 10.1. The number of nitrogens with one attached hydrogen (secondary N) is 1. The second-order valence-corrected chi connectivity index (χ2v) is 6.33. The second-order valence-electron chi connectivity index (χ2n) is 5.22. The molecule has 1 aromatic carbocycles. The van der Waals surface area contributed by atoms with Gasteiger partial charge >= 0.3 is 0 Å². The van der Waals surface area contributed by atoms with Crippen LogP contribution in [0.2, 0.25) is 0 Å². The van der Waals surface area contributed by atoms with Gasteiger partial charge in [-0.25, -0.2) is 0 Å². The third kappa shape index (κ3) is 5.17. The van der Waals surface area contributed by atoms with Crippen molar-refractivity contribution < 1.29 is 9.84 Å². The summed E-state index contributed by atoms with van der Waals surface area (Å²) in [5.41, 5.74) is 1.38. The lowest BCUT2D eigenvalue weighted by molar-refractivity contribution is 0.103. The van der Waals surface area contributed by atoms with Gasteiger partial charge in [0, 0.05) is 12.6 Å². The highest BCUT2D eigenvalue weighted by Gasteiger charge is 2.15. The van der Waals surface area contributed by atoms with E-state index in [4.69, 9.17) is 4.74 Å². The van der Waals surface area contributed by atoms with Gasteiger partial charge < -0.3 is 15.2 Å². The molecule has 0 saturated heterocycles. The molecule has 3 nitrogen and oxygen atoms in total. The van der Waals surface area contributed by atoms with Crippen LogP contribution in [0.5, 0.6) is 5.75 Å². The highest BCUT2D eigenvalue weighted by Crippen LogP contribution is 2.37. The number of hydrogen-bond acceptors (Lipinski definition) is 4. The van der Waals surface area contributed by atoms with Gasteiger partial charge in [0.15, 0.2) is 0 Å². The molecule has 0 aliphatic carbocycles. The molecule has 0 aromatic heterocycles. The summed E-state index contributed by atoms with van der Waals surface area (Å²) in [6.45, 7) is 5.05.